The summed E-state index contributed by atoms with van der Waals surface area (Å²) >= 11 is 9.27. The molecule has 0 bridgehead atoms. The van der Waals surface area contributed by atoms with Crippen molar-refractivity contribution in [3.8, 4) is 5.75 Å². The van der Waals surface area contributed by atoms with Crippen molar-refractivity contribution in [2.45, 2.75) is 13.8 Å². The zero-order valence-corrected chi connectivity index (χ0v) is 10.3. The number of rotatable bonds is 3. The van der Waals surface area contributed by atoms with Crippen molar-refractivity contribution in [1.82, 2.24) is 0 Å². The van der Waals surface area contributed by atoms with Crippen molar-refractivity contribution in [3.05, 3.63) is 27.2 Å². The maximum Gasteiger partial charge on any atom is 0.161 e. The zero-order chi connectivity index (χ0) is 10.7. The van der Waals surface area contributed by atoms with Crippen LogP contribution in [0, 0.1) is 0 Å². The van der Waals surface area contributed by atoms with E-state index in [9.17, 15) is 4.79 Å². The number of ketones is 1. The molecule has 0 atom stereocenters. The summed E-state index contributed by atoms with van der Waals surface area (Å²) in [5, 5.41) is 0.406. The highest BCUT2D eigenvalue weighted by Gasteiger charge is 2.12. The lowest BCUT2D eigenvalue weighted by molar-refractivity contribution is 0.101. The van der Waals surface area contributed by atoms with Gasteiger partial charge in [0.2, 0.25) is 0 Å². The molecule has 0 heterocycles. The van der Waals surface area contributed by atoms with Gasteiger partial charge in [-0.25, -0.2) is 0 Å². The van der Waals surface area contributed by atoms with Crippen LogP contribution in [0.5, 0.6) is 5.75 Å². The van der Waals surface area contributed by atoms with Gasteiger partial charge in [0.25, 0.3) is 0 Å². The Morgan fingerprint density at radius 3 is 2.71 bits per heavy atom. The van der Waals surface area contributed by atoms with Crippen LogP contribution in [0.15, 0.2) is 16.6 Å². The first kappa shape index (κ1) is 11.5. The molecule has 76 valence electrons. The largest absolute Gasteiger partial charge is 0.493 e. The molecule has 0 aliphatic rings. The van der Waals surface area contributed by atoms with E-state index in [0.29, 0.717) is 27.4 Å². The van der Waals surface area contributed by atoms with Gasteiger partial charge in [-0.15, -0.1) is 0 Å². The molecule has 4 heteroatoms. The molecular weight excluding hydrogens is 267 g/mol. The van der Waals surface area contributed by atoms with Gasteiger partial charge in [0.1, 0.15) is 5.75 Å². The van der Waals surface area contributed by atoms with Crippen LogP contribution in [-0.4, -0.2) is 12.4 Å². The number of carbonyl (C=O) groups is 1. The molecular formula is C10H10BrClO2. The molecule has 0 amide bonds. The van der Waals surface area contributed by atoms with Crippen LogP contribution in [0.4, 0.5) is 0 Å². The molecule has 0 radical (unpaired) electrons. The molecule has 0 N–H and O–H groups in total. The minimum absolute atomic E-state index is 0.0567. The number of ether oxygens (including phenoxy) is 1. The fourth-order valence-corrected chi connectivity index (χ4v) is 1.82. The van der Waals surface area contributed by atoms with E-state index >= 15 is 0 Å². The fourth-order valence-electron chi connectivity index (χ4n) is 1.07. The quantitative estimate of drug-likeness (QED) is 0.787. The topological polar surface area (TPSA) is 26.3 Å². The average molecular weight is 278 g/mol. The van der Waals surface area contributed by atoms with Gasteiger partial charge < -0.3 is 4.74 Å². The van der Waals surface area contributed by atoms with Gasteiger partial charge in [-0.1, -0.05) is 11.6 Å². The molecule has 0 saturated carbocycles. The number of Topliss-reactive ketones (excluding diaryl/α,β-unsaturated/α-hetero) is 1. The van der Waals surface area contributed by atoms with Crippen molar-refractivity contribution < 1.29 is 9.53 Å². The zero-order valence-electron chi connectivity index (χ0n) is 7.93. The third-order valence-corrected chi connectivity index (χ3v) is 3.13. The van der Waals surface area contributed by atoms with Gasteiger partial charge >= 0.3 is 0 Å². The summed E-state index contributed by atoms with van der Waals surface area (Å²) in [6, 6.07) is 3.40. The number of hydrogen-bond donors (Lipinski definition) is 0. The van der Waals surface area contributed by atoms with E-state index in [1.54, 1.807) is 12.1 Å². The van der Waals surface area contributed by atoms with Gasteiger partial charge in [-0.05, 0) is 41.9 Å². The Balaban J connectivity index is 3.19. The summed E-state index contributed by atoms with van der Waals surface area (Å²) in [4.78, 5) is 11.1. The highest BCUT2D eigenvalue weighted by atomic mass is 79.9. The lowest BCUT2D eigenvalue weighted by Crippen LogP contribution is -1.97. The molecule has 0 saturated heterocycles. The summed E-state index contributed by atoms with van der Waals surface area (Å²) in [6.07, 6.45) is 0. The summed E-state index contributed by atoms with van der Waals surface area (Å²) in [5.41, 5.74) is 0.502. The molecule has 14 heavy (non-hydrogen) atoms. The average Bonchev–Trinajstić information content (AvgIpc) is 2.13. The molecule has 0 aromatic heterocycles. The second-order valence-corrected chi connectivity index (χ2v) is 3.90. The molecule has 0 aliphatic heterocycles. The molecule has 1 aromatic carbocycles. The van der Waals surface area contributed by atoms with Gasteiger partial charge in [-0.3, -0.25) is 4.79 Å². The Morgan fingerprint density at radius 2 is 2.21 bits per heavy atom. The standard InChI is InChI=1S/C10H10BrClO2/c1-3-14-8-5-4-7(6(2)13)10(12)9(8)11/h4-5H,3H2,1-2H3. The smallest absolute Gasteiger partial charge is 0.161 e. The molecule has 1 aromatic rings. The van der Waals surface area contributed by atoms with Crippen molar-refractivity contribution in [1.29, 1.82) is 0 Å². The fraction of sp³-hybridized carbons (Fsp3) is 0.300. The third kappa shape index (κ3) is 2.28. The van der Waals surface area contributed by atoms with Crippen molar-refractivity contribution in [2.24, 2.45) is 0 Å². The van der Waals surface area contributed by atoms with Gasteiger partial charge in [0.05, 0.1) is 16.1 Å². The van der Waals surface area contributed by atoms with E-state index in [1.165, 1.54) is 6.92 Å². The Hall–Kier alpha value is -0.540. The Labute approximate surface area is 96.3 Å². The van der Waals surface area contributed by atoms with Gasteiger partial charge in [0, 0.05) is 5.56 Å². The summed E-state index contributed by atoms with van der Waals surface area (Å²) < 4.78 is 5.94. The maximum absolute atomic E-state index is 11.1. The van der Waals surface area contributed by atoms with Crippen LogP contribution in [-0.2, 0) is 0 Å². The predicted octanol–water partition coefficient (Wildman–Crippen LogP) is 3.70. The first-order chi connectivity index (χ1) is 6.57. The lowest BCUT2D eigenvalue weighted by atomic mass is 10.1. The number of carbonyl (C=O) groups excluding carboxylic acids is 1. The van der Waals surface area contributed by atoms with E-state index in [4.69, 9.17) is 16.3 Å². The normalized spacial score (nSPS) is 10.0. The van der Waals surface area contributed by atoms with Crippen molar-refractivity contribution in [3.63, 3.8) is 0 Å². The van der Waals surface area contributed by atoms with Crippen LogP contribution in [0.25, 0.3) is 0 Å². The van der Waals surface area contributed by atoms with Crippen LogP contribution < -0.4 is 4.74 Å². The Bertz CT molecular complexity index is 363. The monoisotopic (exact) mass is 276 g/mol. The Morgan fingerprint density at radius 1 is 1.57 bits per heavy atom. The van der Waals surface area contributed by atoms with Crippen LogP contribution >= 0.6 is 27.5 Å². The maximum atomic E-state index is 11.1. The SMILES string of the molecule is CCOc1ccc(C(C)=O)c(Cl)c1Br. The molecule has 0 unspecified atom stereocenters. The molecule has 1 rings (SSSR count). The minimum atomic E-state index is -0.0567. The summed E-state index contributed by atoms with van der Waals surface area (Å²) in [6.45, 7) is 3.93. The predicted molar refractivity (Wildman–Crippen MR) is 60.3 cm³/mol. The van der Waals surface area contributed by atoms with Gasteiger partial charge in [0.15, 0.2) is 5.78 Å². The second-order valence-electron chi connectivity index (χ2n) is 2.73. The highest BCUT2D eigenvalue weighted by Crippen LogP contribution is 2.35. The first-order valence-electron chi connectivity index (χ1n) is 4.19. The molecule has 2 nitrogen and oxygen atoms in total. The van der Waals surface area contributed by atoms with Crippen LogP contribution in [0.3, 0.4) is 0 Å². The van der Waals surface area contributed by atoms with Gasteiger partial charge in [-0.2, -0.15) is 0 Å². The number of halogens is 2. The number of hydrogen-bond acceptors (Lipinski definition) is 2. The molecule has 0 spiro atoms. The Kier molecular flexibility index (Phi) is 3.96. The van der Waals surface area contributed by atoms with E-state index < -0.39 is 0 Å². The first-order valence-corrected chi connectivity index (χ1v) is 5.36. The van der Waals surface area contributed by atoms with Crippen molar-refractivity contribution >= 4 is 33.3 Å². The van der Waals surface area contributed by atoms with Crippen molar-refractivity contribution in [2.75, 3.05) is 6.61 Å². The highest BCUT2D eigenvalue weighted by molar-refractivity contribution is 9.10. The number of benzene rings is 1. The summed E-state index contributed by atoms with van der Waals surface area (Å²) in [7, 11) is 0. The van der Waals surface area contributed by atoms with E-state index in [0.717, 1.165) is 0 Å². The third-order valence-electron chi connectivity index (χ3n) is 1.73. The lowest BCUT2D eigenvalue weighted by Gasteiger charge is -2.09. The van der Waals surface area contributed by atoms with Crippen LogP contribution in [0.2, 0.25) is 5.02 Å². The summed E-state index contributed by atoms with van der Waals surface area (Å²) in [5.74, 6) is 0.598. The molecule has 0 fully saturated rings. The second kappa shape index (κ2) is 4.80. The molecule has 0 aliphatic carbocycles. The minimum Gasteiger partial charge on any atom is -0.493 e. The van der Waals surface area contributed by atoms with E-state index in [-0.39, 0.29) is 5.78 Å². The van der Waals surface area contributed by atoms with Crippen LogP contribution in [0.1, 0.15) is 24.2 Å². The van der Waals surface area contributed by atoms with E-state index in [2.05, 4.69) is 15.9 Å². The van der Waals surface area contributed by atoms with E-state index in [1.807, 2.05) is 6.92 Å².